The molecule has 2 heterocycles. The first-order valence-electron chi connectivity index (χ1n) is 11.4. The van der Waals surface area contributed by atoms with Crippen LogP contribution in [0.4, 0.5) is 17.1 Å². The fourth-order valence-electron chi connectivity index (χ4n) is 4.25. The van der Waals surface area contributed by atoms with Gasteiger partial charge in [-0.05, 0) is 73.5 Å². The molecule has 1 atom stereocenters. The molecule has 1 saturated heterocycles. The Labute approximate surface area is 202 Å². The predicted octanol–water partition coefficient (Wildman–Crippen LogP) is 4.28. The highest BCUT2D eigenvalue weighted by Crippen LogP contribution is 2.33. The number of ether oxygens (including phenoxy) is 2. The lowest BCUT2D eigenvalue weighted by molar-refractivity contribution is -0.122. The van der Waals surface area contributed by atoms with E-state index in [1.54, 1.807) is 47.4 Å². The zero-order valence-electron chi connectivity index (χ0n) is 19.5. The van der Waals surface area contributed by atoms with Crippen LogP contribution in [0, 0.1) is 19.8 Å². The van der Waals surface area contributed by atoms with E-state index in [0.717, 1.165) is 16.8 Å². The summed E-state index contributed by atoms with van der Waals surface area (Å²) in [5.41, 5.74) is 4.55. The Balaban J connectivity index is 1.19. The van der Waals surface area contributed by atoms with Gasteiger partial charge >= 0.3 is 0 Å². The Morgan fingerprint density at radius 2 is 1.60 bits per heavy atom. The zero-order chi connectivity index (χ0) is 24.5. The van der Waals surface area contributed by atoms with Crippen LogP contribution < -0.4 is 25.0 Å². The highest BCUT2D eigenvalue weighted by atomic mass is 16.7. The number of aryl methyl sites for hydroxylation is 2. The Kier molecular flexibility index (Phi) is 5.86. The standard InChI is InChI=1S/C27H25N3O5/c1-16-3-4-17(2)22(11-16)30-14-19(13-25(30)31)27(33)29-21-8-6-20(7-9-21)28-26(32)18-5-10-23-24(12-18)35-15-34-23/h3-12,19H,13-15H2,1-2H3,(H,28,32)(H,29,33). The molecule has 2 N–H and O–H groups in total. The van der Waals surface area contributed by atoms with E-state index < -0.39 is 5.92 Å². The van der Waals surface area contributed by atoms with Gasteiger partial charge in [0.05, 0.1) is 5.92 Å². The van der Waals surface area contributed by atoms with E-state index in [4.69, 9.17) is 9.47 Å². The van der Waals surface area contributed by atoms with Crippen LogP contribution in [-0.4, -0.2) is 31.1 Å². The fourth-order valence-corrected chi connectivity index (χ4v) is 4.25. The van der Waals surface area contributed by atoms with Gasteiger partial charge < -0.3 is 25.0 Å². The maximum Gasteiger partial charge on any atom is 0.255 e. The molecule has 5 rings (SSSR count). The largest absolute Gasteiger partial charge is 0.454 e. The molecule has 0 spiro atoms. The molecule has 0 aromatic heterocycles. The average Bonchev–Trinajstić information content (AvgIpc) is 3.48. The van der Waals surface area contributed by atoms with Crippen molar-refractivity contribution in [2.24, 2.45) is 5.92 Å². The van der Waals surface area contributed by atoms with Crippen LogP contribution in [0.1, 0.15) is 27.9 Å². The van der Waals surface area contributed by atoms with Gasteiger partial charge in [0.15, 0.2) is 11.5 Å². The van der Waals surface area contributed by atoms with Gasteiger partial charge in [-0.2, -0.15) is 0 Å². The van der Waals surface area contributed by atoms with Crippen LogP contribution in [0.3, 0.4) is 0 Å². The minimum Gasteiger partial charge on any atom is -0.454 e. The van der Waals surface area contributed by atoms with Gasteiger partial charge in [0.1, 0.15) is 0 Å². The molecule has 1 fully saturated rings. The highest BCUT2D eigenvalue weighted by Gasteiger charge is 2.35. The number of fused-ring (bicyclic) bond motifs is 1. The summed E-state index contributed by atoms with van der Waals surface area (Å²) in [5.74, 6) is 0.174. The molecular formula is C27H25N3O5. The third kappa shape index (κ3) is 4.68. The third-order valence-electron chi connectivity index (χ3n) is 6.20. The minimum absolute atomic E-state index is 0.0552. The van der Waals surface area contributed by atoms with E-state index in [0.29, 0.717) is 35.0 Å². The van der Waals surface area contributed by atoms with Crippen molar-refractivity contribution in [3.8, 4) is 11.5 Å². The first kappa shape index (κ1) is 22.5. The summed E-state index contributed by atoms with van der Waals surface area (Å²) in [6.07, 6.45) is 0.170. The summed E-state index contributed by atoms with van der Waals surface area (Å²) >= 11 is 0. The summed E-state index contributed by atoms with van der Waals surface area (Å²) in [6, 6.07) is 17.8. The van der Waals surface area contributed by atoms with Crippen molar-refractivity contribution in [2.75, 3.05) is 28.9 Å². The molecule has 3 amide bonds. The van der Waals surface area contributed by atoms with E-state index in [1.807, 2.05) is 32.0 Å². The van der Waals surface area contributed by atoms with E-state index in [9.17, 15) is 14.4 Å². The monoisotopic (exact) mass is 471 g/mol. The molecule has 178 valence electrons. The highest BCUT2D eigenvalue weighted by molar-refractivity contribution is 6.05. The number of anilines is 3. The average molecular weight is 472 g/mol. The summed E-state index contributed by atoms with van der Waals surface area (Å²) in [6.45, 7) is 4.43. The number of benzene rings is 3. The van der Waals surface area contributed by atoms with Crippen LogP contribution in [0.5, 0.6) is 11.5 Å². The second-order valence-electron chi connectivity index (χ2n) is 8.78. The number of rotatable bonds is 5. The van der Waals surface area contributed by atoms with Crippen LogP contribution in [0.25, 0.3) is 0 Å². The topological polar surface area (TPSA) is 97.0 Å². The predicted molar refractivity (Wildman–Crippen MR) is 132 cm³/mol. The number of carbonyl (C=O) groups excluding carboxylic acids is 3. The molecule has 1 unspecified atom stereocenters. The van der Waals surface area contributed by atoms with E-state index in [1.165, 1.54) is 0 Å². The van der Waals surface area contributed by atoms with Crippen molar-refractivity contribution in [3.05, 3.63) is 77.4 Å². The second-order valence-corrected chi connectivity index (χ2v) is 8.78. The number of hydrogen-bond donors (Lipinski definition) is 2. The van der Waals surface area contributed by atoms with Crippen LogP contribution >= 0.6 is 0 Å². The van der Waals surface area contributed by atoms with Gasteiger partial charge in [0, 0.05) is 35.6 Å². The van der Waals surface area contributed by atoms with Gasteiger partial charge in [-0.15, -0.1) is 0 Å². The molecule has 0 aliphatic carbocycles. The van der Waals surface area contributed by atoms with Crippen molar-refractivity contribution in [1.29, 1.82) is 0 Å². The third-order valence-corrected chi connectivity index (χ3v) is 6.20. The van der Waals surface area contributed by atoms with Gasteiger partial charge in [-0.3, -0.25) is 14.4 Å². The van der Waals surface area contributed by atoms with E-state index in [-0.39, 0.29) is 30.9 Å². The van der Waals surface area contributed by atoms with Gasteiger partial charge in [-0.25, -0.2) is 0 Å². The van der Waals surface area contributed by atoms with Gasteiger partial charge in [0.2, 0.25) is 18.6 Å². The number of hydrogen-bond acceptors (Lipinski definition) is 5. The van der Waals surface area contributed by atoms with E-state index >= 15 is 0 Å². The number of amides is 3. The molecule has 3 aromatic carbocycles. The summed E-state index contributed by atoms with van der Waals surface area (Å²) in [5, 5.41) is 5.71. The normalized spacial score (nSPS) is 16.3. The molecular weight excluding hydrogens is 446 g/mol. The molecule has 0 saturated carbocycles. The summed E-state index contributed by atoms with van der Waals surface area (Å²) in [7, 11) is 0. The molecule has 3 aromatic rings. The molecule has 0 radical (unpaired) electrons. The Morgan fingerprint density at radius 3 is 2.37 bits per heavy atom. The maximum absolute atomic E-state index is 12.8. The number of nitrogens with one attached hydrogen (secondary N) is 2. The first-order chi connectivity index (χ1) is 16.9. The smallest absolute Gasteiger partial charge is 0.255 e. The summed E-state index contributed by atoms with van der Waals surface area (Å²) in [4.78, 5) is 39.7. The molecule has 8 nitrogen and oxygen atoms in total. The molecule has 35 heavy (non-hydrogen) atoms. The van der Waals surface area contributed by atoms with Crippen molar-refractivity contribution >= 4 is 34.8 Å². The Hall–Kier alpha value is -4.33. The fraction of sp³-hybridized carbons (Fsp3) is 0.222. The molecule has 2 aliphatic heterocycles. The van der Waals surface area contributed by atoms with Gasteiger partial charge in [-0.1, -0.05) is 12.1 Å². The van der Waals surface area contributed by atoms with Crippen LogP contribution in [-0.2, 0) is 9.59 Å². The Morgan fingerprint density at radius 1 is 0.886 bits per heavy atom. The molecule has 8 heteroatoms. The first-order valence-corrected chi connectivity index (χ1v) is 11.4. The van der Waals surface area contributed by atoms with Crippen molar-refractivity contribution in [2.45, 2.75) is 20.3 Å². The minimum atomic E-state index is -0.437. The summed E-state index contributed by atoms with van der Waals surface area (Å²) < 4.78 is 10.6. The second kappa shape index (κ2) is 9.13. The number of nitrogens with zero attached hydrogens (tertiary/aromatic N) is 1. The molecule has 0 bridgehead atoms. The Bertz CT molecular complexity index is 1320. The SMILES string of the molecule is Cc1ccc(C)c(N2CC(C(=O)Nc3ccc(NC(=O)c4ccc5c(c4)OCO5)cc3)CC2=O)c1. The zero-order valence-corrected chi connectivity index (χ0v) is 19.5. The van der Waals surface area contributed by atoms with E-state index in [2.05, 4.69) is 10.6 Å². The lowest BCUT2D eigenvalue weighted by Gasteiger charge is -2.19. The van der Waals surface area contributed by atoms with Crippen LogP contribution in [0.2, 0.25) is 0 Å². The lowest BCUT2D eigenvalue weighted by atomic mass is 10.1. The molecule has 2 aliphatic rings. The lowest BCUT2D eigenvalue weighted by Crippen LogP contribution is -2.28. The van der Waals surface area contributed by atoms with Crippen molar-refractivity contribution < 1.29 is 23.9 Å². The van der Waals surface area contributed by atoms with Crippen molar-refractivity contribution in [3.63, 3.8) is 0 Å². The van der Waals surface area contributed by atoms with Crippen LogP contribution in [0.15, 0.2) is 60.7 Å². The quantitative estimate of drug-likeness (QED) is 0.579. The van der Waals surface area contributed by atoms with Gasteiger partial charge in [0.25, 0.3) is 5.91 Å². The number of carbonyl (C=O) groups is 3. The maximum atomic E-state index is 12.8. The van der Waals surface area contributed by atoms with Crippen molar-refractivity contribution in [1.82, 2.24) is 0 Å².